The summed E-state index contributed by atoms with van der Waals surface area (Å²) in [4.78, 5) is 10.9. The maximum atomic E-state index is 10.9. The van der Waals surface area contributed by atoms with E-state index < -0.39 is 11.9 Å². The van der Waals surface area contributed by atoms with Crippen LogP contribution < -0.4 is 14.8 Å². The maximum absolute atomic E-state index is 10.9. The number of carbonyl (C=O) groups is 1. The van der Waals surface area contributed by atoms with Gasteiger partial charge in [0.15, 0.2) is 0 Å². The fraction of sp³-hybridized carbons (Fsp3) is 0.462. The molecule has 0 saturated carbocycles. The monoisotopic (exact) mass is 287 g/mol. The highest BCUT2D eigenvalue weighted by atomic mass is 35.5. The summed E-state index contributed by atoms with van der Waals surface area (Å²) in [6, 6.07) is 3.04. The van der Waals surface area contributed by atoms with Crippen LogP contribution in [0.15, 0.2) is 12.1 Å². The quantitative estimate of drug-likeness (QED) is 0.842. The first-order chi connectivity index (χ1) is 8.90. The molecule has 0 heterocycles. The first-order valence-corrected chi connectivity index (χ1v) is 6.19. The highest BCUT2D eigenvalue weighted by molar-refractivity contribution is 6.32. The molecule has 0 fully saturated rings. The predicted molar refractivity (Wildman–Crippen MR) is 74.4 cm³/mol. The molecule has 0 aliphatic heterocycles. The van der Waals surface area contributed by atoms with Crippen molar-refractivity contribution in [2.24, 2.45) is 5.92 Å². The van der Waals surface area contributed by atoms with Crippen LogP contribution in [0, 0.1) is 5.92 Å². The molecule has 0 aliphatic rings. The highest BCUT2D eigenvalue weighted by Gasteiger charge is 2.21. The number of methoxy groups -OCH3 is 2. The SMILES string of the molecule is COc1cc(OC)c(NC(C)C(C)C(=O)O)cc1Cl. The van der Waals surface area contributed by atoms with Gasteiger partial charge in [0.2, 0.25) is 0 Å². The summed E-state index contributed by atoms with van der Waals surface area (Å²) in [5.74, 6) is -0.349. The molecule has 1 aromatic carbocycles. The van der Waals surface area contributed by atoms with Gasteiger partial charge in [-0.1, -0.05) is 11.6 Å². The lowest BCUT2D eigenvalue weighted by Gasteiger charge is -2.21. The van der Waals surface area contributed by atoms with Crippen molar-refractivity contribution < 1.29 is 19.4 Å². The molecule has 1 rings (SSSR count). The first-order valence-electron chi connectivity index (χ1n) is 5.81. The molecule has 0 spiro atoms. The van der Waals surface area contributed by atoms with Gasteiger partial charge in [-0.2, -0.15) is 0 Å². The van der Waals surface area contributed by atoms with Crippen LogP contribution in [0.2, 0.25) is 5.02 Å². The topological polar surface area (TPSA) is 67.8 Å². The number of benzene rings is 1. The van der Waals surface area contributed by atoms with Gasteiger partial charge < -0.3 is 19.9 Å². The Balaban J connectivity index is 3.00. The maximum Gasteiger partial charge on any atom is 0.308 e. The van der Waals surface area contributed by atoms with Crippen molar-refractivity contribution in [3.05, 3.63) is 17.2 Å². The molecule has 0 aliphatic carbocycles. The van der Waals surface area contributed by atoms with Crippen molar-refractivity contribution in [2.45, 2.75) is 19.9 Å². The number of carboxylic acid groups (broad SMARTS) is 1. The number of halogens is 1. The Labute approximate surface area is 117 Å². The van der Waals surface area contributed by atoms with E-state index in [0.29, 0.717) is 22.2 Å². The largest absolute Gasteiger partial charge is 0.495 e. The fourth-order valence-electron chi connectivity index (χ4n) is 1.56. The number of ether oxygens (including phenoxy) is 2. The van der Waals surface area contributed by atoms with Crippen molar-refractivity contribution in [2.75, 3.05) is 19.5 Å². The zero-order valence-corrected chi connectivity index (χ0v) is 12.1. The Bertz CT molecular complexity index is 464. The molecule has 0 saturated heterocycles. The minimum Gasteiger partial charge on any atom is -0.495 e. The van der Waals surface area contributed by atoms with Gasteiger partial charge in [0, 0.05) is 12.1 Å². The molecule has 2 N–H and O–H groups in total. The number of hydrogen-bond donors (Lipinski definition) is 2. The average molecular weight is 288 g/mol. The predicted octanol–water partition coefficient (Wildman–Crippen LogP) is 2.88. The van der Waals surface area contributed by atoms with Crippen molar-refractivity contribution >= 4 is 23.3 Å². The molecule has 0 bridgehead atoms. The van der Waals surface area contributed by atoms with Crippen LogP contribution in [-0.2, 0) is 4.79 Å². The van der Waals surface area contributed by atoms with Crippen molar-refractivity contribution in [1.82, 2.24) is 0 Å². The van der Waals surface area contributed by atoms with E-state index in [4.69, 9.17) is 26.2 Å². The number of rotatable bonds is 6. The standard InChI is InChI=1S/C13H18ClNO4/c1-7(13(16)17)8(2)15-10-5-9(14)11(18-3)6-12(10)19-4/h5-8,15H,1-4H3,(H,16,17). The van der Waals surface area contributed by atoms with Crippen LogP contribution >= 0.6 is 11.6 Å². The molecular weight excluding hydrogens is 270 g/mol. The van der Waals surface area contributed by atoms with Gasteiger partial charge in [0.05, 0.1) is 30.8 Å². The van der Waals surface area contributed by atoms with Gasteiger partial charge >= 0.3 is 5.97 Å². The Morgan fingerprint density at radius 3 is 2.32 bits per heavy atom. The number of carboxylic acids is 1. The third-order valence-corrected chi connectivity index (χ3v) is 3.29. The number of nitrogens with one attached hydrogen (secondary N) is 1. The Morgan fingerprint density at radius 1 is 1.26 bits per heavy atom. The Morgan fingerprint density at radius 2 is 1.84 bits per heavy atom. The summed E-state index contributed by atoms with van der Waals surface area (Å²) in [7, 11) is 3.04. The molecule has 106 valence electrons. The summed E-state index contributed by atoms with van der Waals surface area (Å²) < 4.78 is 10.3. The molecule has 0 aromatic heterocycles. The summed E-state index contributed by atoms with van der Waals surface area (Å²) >= 11 is 6.05. The van der Waals surface area contributed by atoms with Crippen molar-refractivity contribution in [3.8, 4) is 11.5 Å². The normalized spacial score (nSPS) is 13.5. The third-order valence-electron chi connectivity index (χ3n) is 3.00. The van der Waals surface area contributed by atoms with Gasteiger partial charge in [0.25, 0.3) is 0 Å². The van der Waals surface area contributed by atoms with Gasteiger partial charge in [-0.15, -0.1) is 0 Å². The molecule has 5 nitrogen and oxygen atoms in total. The Hall–Kier alpha value is -1.62. The van der Waals surface area contributed by atoms with E-state index in [0.717, 1.165) is 0 Å². The van der Waals surface area contributed by atoms with Gasteiger partial charge in [-0.3, -0.25) is 4.79 Å². The molecule has 2 unspecified atom stereocenters. The van der Waals surface area contributed by atoms with Crippen LogP contribution in [0.3, 0.4) is 0 Å². The lowest BCUT2D eigenvalue weighted by Crippen LogP contribution is -2.29. The van der Waals surface area contributed by atoms with Gasteiger partial charge in [-0.05, 0) is 19.9 Å². The second-order valence-corrected chi connectivity index (χ2v) is 4.65. The van der Waals surface area contributed by atoms with Crippen LogP contribution in [0.25, 0.3) is 0 Å². The molecule has 0 radical (unpaired) electrons. The second-order valence-electron chi connectivity index (χ2n) is 4.25. The molecule has 2 atom stereocenters. The number of hydrogen-bond acceptors (Lipinski definition) is 4. The van der Waals surface area contributed by atoms with Crippen LogP contribution in [0.5, 0.6) is 11.5 Å². The summed E-state index contributed by atoms with van der Waals surface area (Å²) in [5.41, 5.74) is 0.633. The van der Waals surface area contributed by atoms with Gasteiger partial charge in [0.1, 0.15) is 11.5 Å². The highest BCUT2D eigenvalue weighted by Crippen LogP contribution is 2.36. The fourth-order valence-corrected chi connectivity index (χ4v) is 1.80. The van der Waals surface area contributed by atoms with Crippen molar-refractivity contribution in [3.63, 3.8) is 0 Å². The van der Waals surface area contributed by atoms with E-state index in [1.807, 2.05) is 0 Å². The van der Waals surface area contributed by atoms with E-state index in [9.17, 15) is 4.79 Å². The van der Waals surface area contributed by atoms with Crippen LogP contribution in [0.1, 0.15) is 13.8 Å². The number of aliphatic carboxylic acids is 1. The lowest BCUT2D eigenvalue weighted by molar-refractivity contribution is -0.141. The minimum atomic E-state index is -0.862. The molecule has 0 amide bonds. The van der Waals surface area contributed by atoms with Gasteiger partial charge in [-0.25, -0.2) is 0 Å². The molecule has 6 heteroatoms. The number of anilines is 1. The zero-order valence-electron chi connectivity index (χ0n) is 11.4. The molecular formula is C13H18ClNO4. The average Bonchev–Trinajstić information content (AvgIpc) is 2.37. The van der Waals surface area contributed by atoms with E-state index in [2.05, 4.69) is 5.32 Å². The first kappa shape index (κ1) is 15.4. The van der Waals surface area contributed by atoms with Crippen molar-refractivity contribution in [1.29, 1.82) is 0 Å². The summed E-state index contributed by atoms with van der Waals surface area (Å²) in [6.45, 7) is 3.42. The molecule has 19 heavy (non-hydrogen) atoms. The lowest BCUT2D eigenvalue weighted by atomic mass is 10.0. The minimum absolute atomic E-state index is 0.268. The summed E-state index contributed by atoms with van der Waals surface area (Å²) in [6.07, 6.45) is 0. The zero-order chi connectivity index (χ0) is 14.6. The van der Waals surface area contributed by atoms with E-state index in [1.54, 1.807) is 26.0 Å². The third kappa shape index (κ3) is 3.67. The van der Waals surface area contributed by atoms with Crippen LogP contribution in [-0.4, -0.2) is 31.3 Å². The summed E-state index contributed by atoms with van der Waals surface area (Å²) in [5, 5.41) is 12.5. The second kappa shape index (κ2) is 6.52. The van der Waals surface area contributed by atoms with E-state index in [-0.39, 0.29) is 6.04 Å². The van der Waals surface area contributed by atoms with E-state index >= 15 is 0 Å². The van der Waals surface area contributed by atoms with E-state index in [1.165, 1.54) is 14.2 Å². The smallest absolute Gasteiger partial charge is 0.308 e. The van der Waals surface area contributed by atoms with Crippen LogP contribution in [0.4, 0.5) is 5.69 Å². The Kier molecular flexibility index (Phi) is 5.30. The molecule has 1 aromatic rings.